The summed E-state index contributed by atoms with van der Waals surface area (Å²) in [5.74, 6) is 16.3. The summed E-state index contributed by atoms with van der Waals surface area (Å²) in [4.78, 5) is 0. The average molecular weight is 756 g/mol. The Morgan fingerprint density at radius 1 is 0.236 bits per heavy atom. The lowest BCUT2D eigenvalue weighted by molar-refractivity contribution is -0.0973. The zero-order valence-electron chi connectivity index (χ0n) is 36.1. The normalized spacial score (nSPS) is 50.7. The van der Waals surface area contributed by atoms with Crippen LogP contribution in [0.5, 0.6) is 0 Å². The zero-order valence-corrected chi connectivity index (χ0v) is 36.1. The van der Waals surface area contributed by atoms with Gasteiger partial charge in [-0.3, -0.25) is 16.0 Å². The third kappa shape index (κ3) is 8.47. The monoisotopic (exact) mass is 756 g/mol. The van der Waals surface area contributed by atoms with Gasteiger partial charge in [-0.2, -0.15) is 0 Å². The lowest BCUT2D eigenvalue weighted by Gasteiger charge is -2.59. The molecule has 0 aromatic heterocycles. The molecule has 10 aliphatic rings. The molecule has 0 amide bonds. The van der Waals surface area contributed by atoms with E-state index in [4.69, 9.17) is 0 Å². The van der Waals surface area contributed by atoms with Gasteiger partial charge in [-0.15, -0.1) is 0 Å². The Labute approximate surface area is 340 Å². The van der Waals surface area contributed by atoms with Crippen molar-refractivity contribution >= 4 is 0 Å². The van der Waals surface area contributed by atoms with Crippen molar-refractivity contribution in [1.29, 1.82) is 0 Å². The minimum atomic E-state index is 0.529. The van der Waals surface area contributed by atoms with E-state index >= 15 is 0 Å². The van der Waals surface area contributed by atoms with E-state index in [2.05, 4.69) is 22.9 Å². The first-order valence-electron chi connectivity index (χ1n) is 26.4. The quantitative estimate of drug-likeness (QED) is 0.253. The summed E-state index contributed by atoms with van der Waals surface area (Å²) in [6, 6.07) is 0. The molecular formula is C52H89N3. The molecule has 0 radical (unpaired) electrons. The molecule has 312 valence electrons. The highest BCUT2D eigenvalue weighted by atomic mass is 15.4. The molecule has 1 heterocycles. The van der Waals surface area contributed by atoms with Crippen LogP contribution < -0.4 is 16.0 Å². The maximum Gasteiger partial charge on any atom is 0.0624 e. The van der Waals surface area contributed by atoms with Crippen molar-refractivity contribution in [2.24, 2.45) is 94.7 Å². The van der Waals surface area contributed by atoms with Crippen molar-refractivity contribution in [3.05, 3.63) is 0 Å². The Hall–Kier alpha value is -0.120. The minimum absolute atomic E-state index is 0.529. The second-order valence-electron chi connectivity index (χ2n) is 23.5. The molecule has 0 aromatic carbocycles. The zero-order chi connectivity index (χ0) is 36.7. The van der Waals surface area contributed by atoms with Crippen LogP contribution in [0.25, 0.3) is 0 Å². The fourth-order valence-electron chi connectivity index (χ4n) is 18.1. The molecule has 10 rings (SSSR count). The molecule has 0 bridgehead atoms. The third-order valence-corrected chi connectivity index (χ3v) is 20.8. The Balaban J connectivity index is 0.905. The standard InChI is InChI=1S/C52H89N3/c1-34-23-25-35(26-24-34)38-17-12-18-39(29-38)41-30-42(40-27-28-48-46-21-9-8-19-44(46)45-20-10-11-22-47(45)49(48)33-40)32-43(31-41)52-54-50(36-13-4-2-5-14-36)53-51(55-52)37-15-6-3-7-16-37/h34-55H,2-33H2,1H3/t34?,35?,38?,39?,40-,41?,42?,43?,44?,45?,46?,47?,48?,49?,50?,51?,52?/m1/s1. The summed E-state index contributed by atoms with van der Waals surface area (Å²) in [6.45, 7) is 2.53. The van der Waals surface area contributed by atoms with E-state index in [9.17, 15) is 0 Å². The van der Waals surface area contributed by atoms with E-state index in [-0.39, 0.29) is 0 Å². The molecule has 9 aliphatic carbocycles. The van der Waals surface area contributed by atoms with Gasteiger partial charge in [-0.1, -0.05) is 103 Å². The third-order valence-electron chi connectivity index (χ3n) is 20.8. The molecule has 3 N–H and O–H groups in total. The van der Waals surface area contributed by atoms with Gasteiger partial charge in [-0.05, 0) is 204 Å². The number of rotatable bonds is 6. The molecule has 9 saturated carbocycles. The second kappa shape index (κ2) is 17.8. The number of hydrogen-bond donors (Lipinski definition) is 3. The summed E-state index contributed by atoms with van der Waals surface area (Å²) >= 11 is 0. The molecule has 10 fully saturated rings. The minimum Gasteiger partial charge on any atom is -0.286 e. The SMILES string of the molecule is CC1CCC(C2CCCC(C3CC(C4NC(C5CCCCC5)NC(C5CCCCC5)N4)CC([C@@H]4CCC5C6CCCCC6C6CCCCC6C5C4)C3)C2)CC1. The van der Waals surface area contributed by atoms with Gasteiger partial charge in [-0.25, -0.2) is 0 Å². The summed E-state index contributed by atoms with van der Waals surface area (Å²) in [7, 11) is 0. The highest BCUT2D eigenvalue weighted by Gasteiger charge is 2.54. The highest BCUT2D eigenvalue weighted by Crippen LogP contribution is 2.62. The molecule has 14 atom stereocenters. The Kier molecular flexibility index (Phi) is 12.7. The van der Waals surface area contributed by atoms with Crippen molar-refractivity contribution in [2.45, 2.75) is 231 Å². The number of nitrogens with one attached hydrogen (secondary N) is 3. The first kappa shape index (κ1) is 39.0. The van der Waals surface area contributed by atoms with E-state index in [1.807, 2.05) is 0 Å². The van der Waals surface area contributed by atoms with E-state index in [1.165, 1.54) is 89.9 Å². The molecule has 0 aromatic rings. The Bertz CT molecular complexity index is 1160. The van der Waals surface area contributed by atoms with Gasteiger partial charge in [0.15, 0.2) is 0 Å². The van der Waals surface area contributed by atoms with Gasteiger partial charge in [0.05, 0.1) is 18.5 Å². The first-order valence-corrected chi connectivity index (χ1v) is 26.4. The van der Waals surface area contributed by atoms with Crippen LogP contribution in [0, 0.1) is 94.7 Å². The largest absolute Gasteiger partial charge is 0.286 e. The van der Waals surface area contributed by atoms with Crippen LogP contribution in [0.1, 0.15) is 212 Å². The molecule has 3 nitrogen and oxygen atoms in total. The van der Waals surface area contributed by atoms with Crippen molar-refractivity contribution in [3.63, 3.8) is 0 Å². The van der Waals surface area contributed by atoms with Gasteiger partial charge in [0.2, 0.25) is 0 Å². The molecule has 1 saturated heterocycles. The van der Waals surface area contributed by atoms with Crippen molar-refractivity contribution < 1.29 is 0 Å². The van der Waals surface area contributed by atoms with Gasteiger partial charge < -0.3 is 0 Å². The Morgan fingerprint density at radius 2 is 0.600 bits per heavy atom. The first-order chi connectivity index (χ1) is 27.1. The van der Waals surface area contributed by atoms with Crippen LogP contribution in [0.4, 0.5) is 0 Å². The van der Waals surface area contributed by atoms with Crippen LogP contribution in [0.2, 0.25) is 0 Å². The van der Waals surface area contributed by atoms with Gasteiger partial charge >= 0.3 is 0 Å². The van der Waals surface area contributed by atoms with Gasteiger partial charge in [0, 0.05) is 0 Å². The van der Waals surface area contributed by atoms with E-state index < -0.39 is 0 Å². The van der Waals surface area contributed by atoms with Crippen LogP contribution in [-0.2, 0) is 0 Å². The predicted octanol–water partition coefficient (Wildman–Crippen LogP) is 13.2. The van der Waals surface area contributed by atoms with E-state index in [0.29, 0.717) is 18.5 Å². The maximum atomic E-state index is 4.46. The van der Waals surface area contributed by atoms with Crippen LogP contribution in [-0.4, -0.2) is 18.5 Å². The summed E-state index contributed by atoms with van der Waals surface area (Å²) in [6.07, 6.45) is 50.8. The maximum absolute atomic E-state index is 4.46. The van der Waals surface area contributed by atoms with Crippen LogP contribution in [0.15, 0.2) is 0 Å². The van der Waals surface area contributed by atoms with Gasteiger partial charge in [0.25, 0.3) is 0 Å². The summed E-state index contributed by atoms with van der Waals surface area (Å²) < 4.78 is 0. The predicted molar refractivity (Wildman–Crippen MR) is 230 cm³/mol. The summed E-state index contributed by atoms with van der Waals surface area (Å²) in [5.41, 5.74) is 0. The Morgan fingerprint density at radius 3 is 1.15 bits per heavy atom. The summed E-state index contributed by atoms with van der Waals surface area (Å²) in [5, 5.41) is 13.2. The average Bonchev–Trinajstić information content (AvgIpc) is 3.27. The smallest absolute Gasteiger partial charge is 0.0624 e. The molecule has 0 spiro atoms. The number of fused-ring (bicyclic) bond motifs is 6. The molecule has 3 heteroatoms. The van der Waals surface area contributed by atoms with Crippen molar-refractivity contribution in [2.75, 3.05) is 0 Å². The highest BCUT2D eigenvalue weighted by molar-refractivity contribution is 5.04. The van der Waals surface area contributed by atoms with E-state index in [1.54, 1.807) is 116 Å². The van der Waals surface area contributed by atoms with Crippen molar-refractivity contribution in [1.82, 2.24) is 16.0 Å². The fourth-order valence-corrected chi connectivity index (χ4v) is 18.1. The molecular weight excluding hydrogens is 667 g/mol. The van der Waals surface area contributed by atoms with Gasteiger partial charge in [0.1, 0.15) is 0 Å². The van der Waals surface area contributed by atoms with E-state index in [0.717, 1.165) is 94.7 Å². The number of hydrogen-bond acceptors (Lipinski definition) is 3. The fraction of sp³-hybridized carbons (Fsp3) is 1.00. The topological polar surface area (TPSA) is 36.1 Å². The lowest BCUT2D eigenvalue weighted by atomic mass is 9.46. The van der Waals surface area contributed by atoms with Crippen LogP contribution >= 0.6 is 0 Å². The lowest BCUT2D eigenvalue weighted by Crippen LogP contribution is -2.72. The molecule has 1 aliphatic heterocycles. The molecule has 13 unspecified atom stereocenters. The van der Waals surface area contributed by atoms with Crippen LogP contribution in [0.3, 0.4) is 0 Å². The van der Waals surface area contributed by atoms with Crippen molar-refractivity contribution in [3.8, 4) is 0 Å². The molecule has 55 heavy (non-hydrogen) atoms. The second-order valence-corrected chi connectivity index (χ2v) is 23.5.